The number of benzene rings is 7. The number of imidazole rings is 1. The third kappa shape index (κ3) is 7.50. The molecule has 7 aromatic carbocycles. The van der Waals surface area contributed by atoms with Crippen LogP contribution in [0.25, 0.3) is 94.4 Å². The fourth-order valence-corrected chi connectivity index (χ4v) is 13.2. The van der Waals surface area contributed by atoms with Gasteiger partial charge in [-0.25, -0.2) is 0 Å². The van der Waals surface area contributed by atoms with E-state index in [0.29, 0.717) is 0 Å². The number of aromatic nitrogens is 3. The molecule has 5 nitrogen and oxygen atoms in total. The summed E-state index contributed by atoms with van der Waals surface area (Å²) in [5.41, 5.74) is 19.3. The summed E-state index contributed by atoms with van der Waals surface area (Å²) in [4.78, 5) is 9.91. The van der Waals surface area contributed by atoms with Crippen molar-refractivity contribution < 1.29 is 28.9 Å². The molecule has 1 radical (unpaired) electrons. The first-order valence-electron chi connectivity index (χ1n) is 25.2. The fraction of sp³-hybridized carbons (Fsp3) is 0.273. The quantitative estimate of drug-likeness (QED) is 0.165. The van der Waals surface area contributed by atoms with Crippen LogP contribution in [0.5, 0.6) is 0 Å². The minimum Gasteiger partial charge on any atom is -0.501 e. The number of pyridine rings is 1. The first-order valence-corrected chi connectivity index (χ1v) is 25.2. The van der Waals surface area contributed by atoms with Gasteiger partial charge in [0.25, 0.3) is 0 Å². The van der Waals surface area contributed by atoms with Gasteiger partial charge in [-0.3, -0.25) is 4.98 Å². The Morgan fingerprint density at radius 2 is 1.17 bits per heavy atom. The van der Waals surface area contributed by atoms with Gasteiger partial charge in [0.15, 0.2) is 0 Å². The topological polar surface area (TPSA) is 57.0 Å². The van der Waals surface area contributed by atoms with E-state index < -0.39 is 0 Å². The van der Waals surface area contributed by atoms with Crippen LogP contribution in [-0.4, -0.2) is 14.5 Å². The summed E-state index contributed by atoms with van der Waals surface area (Å²) < 4.78 is 15.8. The van der Waals surface area contributed by atoms with E-state index in [1.54, 1.807) is 0 Å². The summed E-state index contributed by atoms with van der Waals surface area (Å²) in [5, 5.41) is 4.20. The van der Waals surface area contributed by atoms with Gasteiger partial charge in [0.1, 0.15) is 16.7 Å². The maximum absolute atomic E-state index is 6.94. The molecular formula is C66H61IrN3O2-2. The Labute approximate surface area is 437 Å². The molecule has 0 bridgehead atoms. The van der Waals surface area contributed by atoms with Crippen LogP contribution >= 0.6 is 0 Å². The summed E-state index contributed by atoms with van der Waals surface area (Å²) >= 11 is 0. The van der Waals surface area contributed by atoms with Crippen molar-refractivity contribution in [1.29, 1.82) is 0 Å². The standard InChI is InChI=1S/C51H45N2O2.C15H16N.Ir/c1-48(2)27-50(5,6)43-41(48)40(29-17-10-9-11-18-29)42-44(51(7,8)28-49(42,3)4)45(43)53-36-23-14-13-22-35(36)52-47(53)32-21-16-20-31-34-26-38-33(25-39(34)55-46(31)32)30-19-12-15-24-37(30)54-38;1-15(2,3)13-9-10-16-14(11-13)12-7-5-4-6-8-12;/h9-20,22-26H,27-28H2,1-8H3;4-7,9-11H,1-3H3;/q2*-1;. The Bertz CT molecular complexity index is 3860. The average molecular weight is 1120 g/mol. The largest absolute Gasteiger partial charge is 0.501 e. The zero-order chi connectivity index (χ0) is 49.4. The summed E-state index contributed by atoms with van der Waals surface area (Å²) in [5.74, 6) is 0.859. The van der Waals surface area contributed by atoms with Gasteiger partial charge in [-0.2, -0.15) is 0 Å². The SMILES string of the molecule is CC(C)(C)c1ccnc(-c2[c-]cccc2)c1.CC1(C)CC(C)(C)c2c(-n3c(-c4[c-]ccc5c4oc4cc6c(cc45)oc4ccccc46)nc4ccccc43)c3c(c(-c4ccccc4)c21)C(C)(C)CC3(C)C.[Ir]. The molecular weight excluding hydrogens is 1060 g/mol. The van der Waals surface area contributed by atoms with E-state index in [9.17, 15) is 0 Å². The minimum atomic E-state index is -0.107. The van der Waals surface area contributed by atoms with Crippen molar-refractivity contribution in [2.24, 2.45) is 0 Å². The molecule has 2 aliphatic carbocycles. The van der Waals surface area contributed by atoms with Crippen LogP contribution in [0.4, 0.5) is 0 Å². The minimum absolute atomic E-state index is 0. The van der Waals surface area contributed by atoms with Gasteiger partial charge < -0.3 is 18.4 Å². The first-order chi connectivity index (χ1) is 33.8. The number of hydrogen-bond donors (Lipinski definition) is 0. The summed E-state index contributed by atoms with van der Waals surface area (Å²) in [6, 6.07) is 55.5. The van der Waals surface area contributed by atoms with Gasteiger partial charge in [0.05, 0.1) is 22.4 Å². The van der Waals surface area contributed by atoms with Crippen molar-refractivity contribution in [1.82, 2.24) is 14.5 Å². The third-order valence-corrected chi connectivity index (χ3v) is 15.6. The van der Waals surface area contributed by atoms with Crippen LogP contribution in [-0.2, 0) is 47.2 Å². The van der Waals surface area contributed by atoms with E-state index in [-0.39, 0.29) is 47.2 Å². The van der Waals surface area contributed by atoms with Crippen molar-refractivity contribution in [2.45, 2.75) is 116 Å². The van der Waals surface area contributed by atoms with E-state index in [1.807, 2.05) is 48.7 Å². The maximum Gasteiger partial charge on any atom is 0.136 e. The summed E-state index contributed by atoms with van der Waals surface area (Å²) in [7, 11) is 0. The molecule has 72 heavy (non-hydrogen) atoms. The van der Waals surface area contributed by atoms with Gasteiger partial charge in [-0.05, 0) is 121 Å². The molecule has 0 saturated heterocycles. The Morgan fingerprint density at radius 1 is 0.556 bits per heavy atom. The Hall–Kier alpha value is -6.59. The van der Waals surface area contributed by atoms with E-state index in [1.165, 1.54) is 44.6 Å². The number of para-hydroxylation sites is 3. The molecule has 4 heterocycles. The van der Waals surface area contributed by atoms with Gasteiger partial charge in [-0.15, -0.1) is 54.1 Å². The van der Waals surface area contributed by atoms with Crippen LogP contribution in [0.3, 0.4) is 0 Å². The zero-order valence-electron chi connectivity index (χ0n) is 43.3. The first kappa shape index (κ1) is 47.7. The van der Waals surface area contributed by atoms with Crippen LogP contribution in [0.15, 0.2) is 155 Å². The molecule has 0 spiro atoms. The Balaban J connectivity index is 0.000000282. The van der Waals surface area contributed by atoms with Gasteiger partial charge >= 0.3 is 0 Å². The number of fused-ring (bicyclic) bond motifs is 9. The zero-order valence-corrected chi connectivity index (χ0v) is 45.7. The van der Waals surface area contributed by atoms with E-state index in [4.69, 9.17) is 13.8 Å². The fourth-order valence-electron chi connectivity index (χ4n) is 13.2. The predicted octanol–water partition coefficient (Wildman–Crippen LogP) is 17.7. The van der Waals surface area contributed by atoms with Crippen LogP contribution in [0.2, 0.25) is 0 Å². The molecule has 0 unspecified atom stereocenters. The summed E-state index contributed by atoms with van der Waals surface area (Å²) in [6.07, 6.45) is 3.97. The molecule has 0 amide bonds. The average Bonchev–Trinajstić information content (AvgIpc) is 4.10. The Morgan fingerprint density at radius 3 is 1.85 bits per heavy atom. The van der Waals surface area contributed by atoms with Crippen molar-refractivity contribution in [3.8, 4) is 39.5 Å². The second kappa shape index (κ2) is 16.7. The molecule has 0 saturated carbocycles. The summed E-state index contributed by atoms with van der Waals surface area (Å²) in [6.45, 7) is 26.3. The molecule has 6 heteroatoms. The smallest absolute Gasteiger partial charge is 0.136 e. The Kier molecular flexibility index (Phi) is 11.1. The molecule has 2 aliphatic rings. The van der Waals surface area contributed by atoms with Gasteiger partial charge in [0.2, 0.25) is 0 Å². The molecule has 0 N–H and O–H groups in total. The van der Waals surface area contributed by atoms with E-state index in [0.717, 1.165) is 90.4 Å². The number of furan rings is 2. The number of hydrogen-bond acceptors (Lipinski definition) is 4. The van der Waals surface area contributed by atoms with Crippen molar-refractivity contribution in [2.75, 3.05) is 0 Å². The number of nitrogens with zero attached hydrogens (tertiary/aromatic N) is 3. The third-order valence-electron chi connectivity index (χ3n) is 15.6. The van der Waals surface area contributed by atoms with Crippen LogP contribution in [0, 0.1) is 12.1 Å². The second-order valence-corrected chi connectivity index (χ2v) is 23.8. The van der Waals surface area contributed by atoms with Crippen LogP contribution in [0.1, 0.15) is 117 Å². The number of rotatable bonds is 4. The molecule has 0 atom stereocenters. The molecule has 0 fully saturated rings. The van der Waals surface area contributed by atoms with E-state index >= 15 is 0 Å². The molecule has 13 rings (SSSR count). The van der Waals surface area contributed by atoms with Gasteiger partial charge in [0, 0.05) is 48.1 Å². The van der Waals surface area contributed by atoms with Crippen molar-refractivity contribution in [3.63, 3.8) is 0 Å². The molecule has 11 aromatic rings. The van der Waals surface area contributed by atoms with Gasteiger partial charge in [-0.1, -0.05) is 154 Å². The molecule has 363 valence electrons. The van der Waals surface area contributed by atoms with Crippen molar-refractivity contribution in [3.05, 3.63) is 186 Å². The normalized spacial score (nSPS) is 16.2. The molecule has 0 aliphatic heterocycles. The van der Waals surface area contributed by atoms with Crippen molar-refractivity contribution >= 4 is 54.9 Å². The van der Waals surface area contributed by atoms with Crippen LogP contribution < -0.4 is 0 Å². The monoisotopic (exact) mass is 1120 g/mol. The maximum atomic E-state index is 6.94. The second-order valence-electron chi connectivity index (χ2n) is 23.8. The molecule has 4 aromatic heterocycles. The van der Waals surface area contributed by atoms with E-state index in [2.05, 4.69) is 195 Å². The predicted molar refractivity (Wildman–Crippen MR) is 294 cm³/mol.